The first-order valence-electron chi connectivity index (χ1n) is 3.83. The van der Waals surface area contributed by atoms with Crippen LogP contribution >= 0.6 is 23.2 Å². The van der Waals surface area contributed by atoms with Gasteiger partial charge in [0.25, 0.3) is 0 Å². The molecule has 0 fully saturated rings. The van der Waals surface area contributed by atoms with Crippen LogP contribution in [-0.4, -0.2) is 11.0 Å². The molecule has 4 heteroatoms. The molecule has 0 amide bonds. The first-order chi connectivity index (χ1) is 6.13. The normalized spacial score (nSPS) is 12.9. The van der Waals surface area contributed by atoms with Gasteiger partial charge in [0.2, 0.25) is 0 Å². The van der Waals surface area contributed by atoms with Gasteiger partial charge in [0.15, 0.2) is 0 Å². The summed E-state index contributed by atoms with van der Waals surface area (Å²) in [6.45, 7) is 0. The number of aliphatic hydroxyl groups is 1. The van der Waals surface area contributed by atoms with E-state index < -0.39 is 11.9 Å². The van der Waals surface area contributed by atoms with Gasteiger partial charge in [-0.2, -0.15) is 0 Å². The Bertz CT molecular complexity index is 271. The lowest BCUT2D eigenvalue weighted by Crippen LogP contribution is -1.98. The highest BCUT2D eigenvalue weighted by molar-refractivity contribution is 6.30. The molecule has 13 heavy (non-hydrogen) atoms. The standard InChI is InChI=1S/C9H9Cl2FO/c10-2-1-9(13)6-3-7(11)5-8(12)4-6/h3-5,9,13H,1-2H2. The summed E-state index contributed by atoms with van der Waals surface area (Å²) in [6.07, 6.45) is -0.355. The number of alkyl halides is 1. The second-order valence-electron chi connectivity index (χ2n) is 2.70. The van der Waals surface area contributed by atoms with Crippen molar-refractivity contribution < 1.29 is 9.50 Å². The van der Waals surface area contributed by atoms with Crippen LogP contribution in [0.15, 0.2) is 18.2 Å². The lowest BCUT2D eigenvalue weighted by molar-refractivity contribution is 0.174. The van der Waals surface area contributed by atoms with E-state index in [1.807, 2.05) is 0 Å². The molecule has 1 rings (SSSR count). The van der Waals surface area contributed by atoms with Crippen molar-refractivity contribution in [2.75, 3.05) is 5.88 Å². The van der Waals surface area contributed by atoms with Gasteiger partial charge in [0, 0.05) is 10.9 Å². The van der Waals surface area contributed by atoms with E-state index in [4.69, 9.17) is 23.2 Å². The summed E-state index contributed by atoms with van der Waals surface area (Å²) >= 11 is 11.0. The van der Waals surface area contributed by atoms with Crippen molar-refractivity contribution in [1.29, 1.82) is 0 Å². The predicted octanol–water partition coefficient (Wildman–Crippen LogP) is 3.14. The smallest absolute Gasteiger partial charge is 0.125 e. The van der Waals surface area contributed by atoms with Crippen LogP contribution in [0.2, 0.25) is 5.02 Å². The van der Waals surface area contributed by atoms with Gasteiger partial charge >= 0.3 is 0 Å². The highest BCUT2D eigenvalue weighted by Gasteiger charge is 2.08. The summed E-state index contributed by atoms with van der Waals surface area (Å²) in [5.41, 5.74) is 0.464. The van der Waals surface area contributed by atoms with E-state index in [2.05, 4.69) is 0 Å². The molecule has 0 aromatic heterocycles. The summed E-state index contributed by atoms with van der Waals surface area (Å²) < 4.78 is 12.8. The number of benzene rings is 1. The van der Waals surface area contributed by atoms with Crippen LogP contribution in [0, 0.1) is 5.82 Å². The second kappa shape index (κ2) is 4.80. The minimum atomic E-state index is -0.745. The lowest BCUT2D eigenvalue weighted by Gasteiger charge is -2.09. The molecule has 0 saturated heterocycles. The molecule has 0 saturated carbocycles. The van der Waals surface area contributed by atoms with Crippen LogP contribution in [0.1, 0.15) is 18.1 Å². The van der Waals surface area contributed by atoms with E-state index in [-0.39, 0.29) is 5.02 Å². The van der Waals surface area contributed by atoms with Gasteiger partial charge in [0.05, 0.1) is 6.10 Å². The third-order valence-corrected chi connectivity index (χ3v) is 2.09. The zero-order valence-electron chi connectivity index (χ0n) is 6.80. The summed E-state index contributed by atoms with van der Waals surface area (Å²) in [5, 5.41) is 9.74. The Hall–Kier alpha value is -0.310. The molecule has 0 radical (unpaired) electrons. The van der Waals surface area contributed by atoms with E-state index in [1.165, 1.54) is 18.2 Å². The molecule has 0 spiro atoms. The summed E-state index contributed by atoms with van der Waals surface area (Å²) in [4.78, 5) is 0. The molecule has 1 atom stereocenters. The van der Waals surface area contributed by atoms with Gasteiger partial charge in [0.1, 0.15) is 5.82 Å². The Morgan fingerprint density at radius 3 is 2.62 bits per heavy atom. The van der Waals surface area contributed by atoms with Crippen molar-refractivity contribution in [2.24, 2.45) is 0 Å². The zero-order valence-corrected chi connectivity index (χ0v) is 8.32. The summed E-state index contributed by atoms with van der Waals surface area (Å²) in [5.74, 6) is -0.119. The van der Waals surface area contributed by atoms with Gasteiger partial charge in [-0.05, 0) is 30.2 Å². The van der Waals surface area contributed by atoms with Crippen LogP contribution in [0.4, 0.5) is 4.39 Å². The maximum atomic E-state index is 12.8. The van der Waals surface area contributed by atoms with Crippen molar-refractivity contribution in [3.05, 3.63) is 34.6 Å². The van der Waals surface area contributed by atoms with Crippen LogP contribution in [-0.2, 0) is 0 Å². The molecule has 72 valence electrons. The molecule has 0 bridgehead atoms. The molecule has 1 N–H and O–H groups in total. The highest BCUT2D eigenvalue weighted by Crippen LogP contribution is 2.22. The number of rotatable bonds is 3. The maximum Gasteiger partial charge on any atom is 0.125 e. The number of aliphatic hydroxyl groups excluding tert-OH is 1. The molecule has 0 aliphatic rings. The van der Waals surface area contributed by atoms with E-state index in [0.29, 0.717) is 17.9 Å². The van der Waals surface area contributed by atoms with Crippen molar-refractivity contribution in [3.63, 3.8) is 0 Å². The van der Waals surface area contributed by atoms with Crippen molar-refractivity contribution >= 4 is 23.2 Å². The third kappa shape index (κ3) is 3.14. The van der Waals surface area contributed by atoms with Gasteiger partial charge in [-0.1, -0.05) is 11.6 Å². The zero-order chi connectivity index (χ0) is 9.84. The SMILES string of the molecule is OC(CCCl)c1cc(F)cc(Cl)c1. The van der Waals surface area contributed by atoms with Crippen LogP contribution < -0.4 is 0 Å². The monoisotopic (exact) mass is 222 g/mol. The fourth-order valence-corrected chi connectivity index (χ4v) is 1.47. The van der Waals surface area contributed by atoms with Gasteiger partial charge in [-0.15, -0.1) is 11.6 Å². The predicted molar refractivity (Wildman–Crippen MR) is 51.7 cm³/mol. The first kappa shape index (κ1) is 10.8. The van der Waals surface area contributed by atoms with E-state index >= 15 is 0 Å². The molecule has 0 heterocycles. The highest BCUT2D eigenvalue weighted by atomic mass is 35.5. The van der Waals surface area contributed by atoms with Gasteiger partial charge in [-0.25, -0.2) is 4.39 Å². The molecule has 1 nitrogen and oxygen atoms in total. The summed E-state index contributed by atoms with van der Waals surface area (Å²) in [7, 11) is 0. The molecule has 1 aromatic carbocycles. The van der Waals surface area contributed by atoms with Crippen LogP contribution in [0.25, 0.3) is 0 Å². The van der Waals surface area contributed by atoms with Crippen molar-refractivity contribution in [3.8, 4) is 0 Å². The topological polar surface area (TPSA) is 20.2 Å². The third-order valence-electron chi connectivity index (χ3n) is 1.65. The van der Waals surface area contributed by atoms with E-state index in [9.17, 15) is 9.50 Å². The molecule has 0 aliphatic heterocycles. The lowest BCUT2D eigenvalue weighted by atomic mass is 10.1. The van der Waals surface area contributed by atoms with Gasteiger partial charge in [-0.3, -0.25) is 0 Å². The van der Waals surface area contributed by atoms with E-state index in [0.717, 1.165) is 0 Å². The Kier molecular flexibility index (Phi) is 3.97. The Labute approximate surface area is 86.1 Å². The fraction of sp³-hybridized carbons (Fsp3) is 0.333. The Morgan fingerprint density at radius 2 is 2.08 bits per heavy atom. The Morgan fingerprint density at radius 1 is 1.38 bits per heavy atom. The average Bonchev–Trinajstić information content (AvgIpc) is 2.03. The van der Waals surface area contributed by atoms with E-state index in [1.54, 1.807) is 0 Å². The molecular formula is C9H9Cl2FO. The number of hydrogen-bond acceptors (Lipinski definition) is 1. The quantitative estimate of drug-likeness (QED) is 0.780. The van der Waals surface area contributed by atoms with Gasteiger partial charge < -0.3 is 5.11 Å². The van der Waals surface area contributed by atoms with Crippen molar-refractivity contribution in [1.82, 2.24) is 0 Å². The molecule has 0 aliphatic carbocycles. The maximum absolute atomic E-state index is 12.8. The van der Waals surface area contributed by atoms with Crippen LogP contribution in [0.5, 0.6) is 0 Å². The largest absolute Gasteiger partial charge is 0.388 e. The molecule has 1 unspecified atom stereocenters. The first-order valence-corrected chi connectivity index (χ1v) is 4.74. The number of halogens is 3. The number of hydrogen-bond donors (Lipinski definition) is 1. The minimum Gasteiger partial charge on any atom is -0.388 e. The fourth-order valence-electron chi connectivity index (χ4n) is 1.04. The van der Waals surface area contributed by atoms with Crippen molar-refractivity contribution in [2.45, 2.75) is 12.5 Å². The average molecular weight is 223 g/mol. The summed E-state index contributed by atoms with van der Waals surface area (Å²) in [6, 6.07) is 3.98. The minimum absolute atomic E-state index is 0.281. The second-order valence-corrected chi connectivity index (χ2v) is 3.51. The molecule has 1 aromatic rings. The molecular weight excluding hydrogens is 214 g/mol. The Balaban J connectivity index is 2.87. The van der Waals surface area contributed by atoms with Crippen LogP contribution in [0.3, 0.4) is 0 Å².